The number of fused-ring (bicyclic) bond motifs is 1. The van der Waals surface area contributed by atoms with Gasteiger partial charge in [-0.3, -0.25) is 9.79 Å². The number of anilines is 2. The number of aliphatic imine (C=N–C) groups is 1. The molecule has 0 saturated carbocycles. The predicted octanol–water partition coefficient (Wildman–Crippen LogP) is 3.19. The van der Waals surface area contributed by atoms with Gasteiger partial charge in [0.05, 0.1) is 35.0 Å². The van der Waals surface area contributed by atoms with Gasteiger partial charge in [-0.25, -0.2) is 12.8 Å². The average molecular weight is 454 g/mol. The number of para-hydroxylation sites is 1. The Bertz CT molecular complexity index is 1090. The van der Waals surface area contributed by atoms with E-state index < -0.39 is 27.7 Å². The number of amidine groups is 1. The molecule has 29 heavy (non-hydrogen) atoms. The summed E-state index contributed by atoms with van der Waals surface area (Å²) >= 11 is 7.07. The highest BCUT2D eigenvalue weighted by Gasteiger charge is 2.47. The third-order valence-electron chi connectivity index (χ3n) is 4.66. The fraction of sp³-hybridized carbons (Fsp3) is 0.263. The molecule has 0 unspecified atom stereocenters. The minimum absolute atomic E-state index is 0.0441. The number of nitrogens with zero attached hydrogens (tertiary/aromatic N) is 2. The number of benzene rings is 2. The first-order chi connectivity index (χ1) is 13.8. The molecule has 2 atom stereocenters. The van der Waals surface area contributed by atoms with E-state index in [1.54, 1.807) is 47.4 Å². The van der Waals surface area contributed by atoms with Crippen LogP contribution in [-0.4, -0.2) is 48.8 Å². The van der Waals surface area contributed by atoms with Crippen LogP contribution in [0.25, 0.3) is 0 Å². The lowest BCUT2D eigenvalue weighted by Crippen LogP contribution is -2.40. The van der Waals surface area contributed by atoms with Gasteiger partial charge in [-0.1, -0.05) is 41.6 Å². The Kier molecular flexibility index (Phi) is 5.54. The first-order valence-corrected chi connectivity index (χ1v) is 12.0. The maximum absolute atomic E-state index is 14.4. The Balaban J connectivity index is 1.52. The molecule has 1 saturated heterocycles. The van der Waals surface area contributed by atoms with E-state index in [9.17, 15) is 17.6 Å². The maximum atomic E-state index is 14.4. The molecule has 2 heterocycles. The van der Waals surface area contributed by atoms with Gasteiger partial charge in [0.1, 0.15) is 5.82 Å². The van der Waals surface area contributed by atoms with Crippen molar-refractivity contribution in [2.75, 3.05) is 27.5 Å². The van der Waals surface area contributed by atoms with Crippen LogP contribution in [0.3, 0.4) is 0 Å². The Morgan fingerprint density at radius 3 is 2.79 bits per heavy atom. The summed E-state index contributed by atoms with van der Waals surface area (Å²) < 4.78 is 38.5. The van der Waals surface area contributed by atoms with Crippen molar-refractivity contribution in [1.82, 2.24) is 0 Å². The second kappa shape index (κ2) is 7.97. The van der Waals surface area contributed by atoms with Crippen LogP contribution < -0.4 is 10.2 Å². The van der Waals surface area contributed by atoms with Crippen molar-refractivity contribution >= 4 is 55.6 Å². The first-order valence-electron chi connectivity index (χ1n) is 8.82. The fourth-order valence-corrected chi connectivity index (χ4v) is 6.41. The second-order valence-corrected chi connectivity index (χ2v) is 10.3. The molecule has 0 radical (unpaired) electrons. The summed E-state index contributed by atoms with van der Waals surface area (Å²) in [6.45, 7) is 0. The van der Waals surface area contributed by atoms with Crippen LogP contribution in [0, 0.1) is 5.82 Å². The standard InChI is InChI=1S/C19H17ClFN3O3S2/c20-12-4-3-5-13(8-12)22-18(25)9-28-19-23-15-10-29(26,27)11-17(15)24(19)16-7-2-1-6-14(16)21/h1-8,15,17H,9-11H2,(H,22,25)/t15-,17+/m0/s1. The minimum Gasteiger partial charge on any atom is -0.325 e. The molecule has 2 aliphatic rings. The topological polar surface area (TPSA) is 78.8 Å². The summed E-state index contributed by atoms with van der Waals surface area (Å²) in [5, 5.41) is 3.70. The molecule has 0 aromatic heterocycles. The molecule has 1 N–H and O–H groups in total. The van der Waals surface area contributed by atoms with Crippen molar-refractivity contribution in [2.24, 2.45) is 4.99 Å². The molecule has 1 amide bonds. The van der Waals surface area contributed by atoms with Gasteiger partial charge < -0.3 is 10.2 Å². The van der Waals surface area contributed by atoms with E-state index >= 15 is 0 Å². The fourth-order valence-electron chi connectivity index (χ4n) is 3.46. The molecule has 10 heteroatoms. The smallest absolute Gasteiger partial charge is 0.234 e. The van der Waals surface area contributed by atoms with E-state index in [2.05, 4.69) is 10.3 Å². The number of sulfone groups is 1. The molecule has 2 aromatic rings. The zero-order chi connectivity index (χ0) is 20.6. The first kappa shape index (κ1) is 20.2. The van der Waals surface area contributed by atoms with E-state index in [4.69, 9.17) is 11.6 Å². The van der Waals surface area contributed by atoms with Crippen LogP contribution in [-0.2, 0) is 14.6 Å². The van der Waals surface area contributed by atoms with Gasteiger partial charge in [-0.15, -0.1) is 0 Å². The molecule has 0 spiro atoms. The molecular formula is C19H17ClFN3O3S2. The Labute approximate surface area is 177 Å². The molecule has 0 bridgehead atoms. The Hall–Kier alpha value is -2.10. The number of carbonyl (C=O) groups is 1. The molecule has 152 valence electrons. The molecular weight excluding hydrogens is 437 g/mol. The Morgan fingerprint density at radius 2 is 2.03 bits per heavy atom. The van der Waals surface area contributed by atoms with Crippen LogP contribution >= 0.6 is 23.4 Å². The summed E-state index contributed by atoms with van der Waals surface area (Å²) in [5.74, 6) is -0.842. The number of nitrogens with one attached hydrogen (secondary N) is 1. The van der Waals surface area contributed by atoms with Crippen LogP contribution in [0.4, 0.5) is 15.8 Å². The quantitative estimate of drug-likeness (QED) is 0.769. The van der Waals surface area contributed by atoms with Crippen LogP contribution in [0.5, 0.6) is 0 Å². The monoisotopic (exact) mass is 453 g/mol. The van der Waals surface area contributed by atoms with Crippen molar-refractivity contribution in [2.45, 2.75) is 12.1 Å². The normalized spacial score (nSPS) is 22.3. The number of hydrogen-bond donors (Lipinski definition) is 1. The van der Waals surface area contributed by atoms with Gasteiger partial charge in [-0.05, 0) is 30.3 Å². The predicted molar refractivity (Wildman–Crippen MR) is 115 cm³/mol. The van der Waals surface area contributed by atoms with Crippen molar-refractivity contribution in [3.05, 3.63) is 59.4 Å². The van der Waals surface area contributed by atoms with E-state index in [1.807, 2.05) is 0 Å². The zero-order valence-electron chi connectivity index (χ0n) is 15.1. The number of hydrogen-bond acceptors (Lipinski definition) is 6. The lowest BCUT2D eigenvalue weighted by atomic mass is 10.1. The number of amides is 1. The number of carbonyl (C=O) groups excluding carboxylic acids is 1. The van der Waals surface area contributed by atoms with E-state index in [0.717, 1.165) is 11.8 Å². The highest BCUT2D eigenvalue weighted by atomic mass is 35.5. The summed E-state index contributed by atoms with van der Waals surface area (Å²) in [6.07, 6.45) is 0. The van der Waals surface area contributed by atoms with Gasteiger partial charge in [0.15, 0.2) is 15.0 Å². The third kappa shape index (κ3) is 4.41. The van der Waals surface area contributed by atoms with Gasteiger partial charge in [-0.2, -0.15) is 0 Å². The van der Waals surface area contributed by atoms with Gasteiger partial charge in [0.2, 0.25) is 5.91 Å². The summed E-state index contributed by atoms with van der Waals surface area (Å²) in [6, 6.07) is 12.0. The van der Waals surface area contributed by atoms with Gasteiger partial charge in [0, 0.05) is 10.7 Å². The van der Waals surface area contributed by atoms with E-state index in [1.165, 1.54) is 6.07 Å². The van der Waals surface area contributed by atoms with E-state index in [0.29, 0.717) is 15.9 Å². The van der Waals surface area contributed by atoms with Crippen LogP contribution in [0.2, 0.25) is 5.02 Å². The SMILES string of the molecule is O=C(CSC1=N[C@H]2CS(=O)(=O)C[C@H]2N1c1ccccc1F)Nc1cccc(Cl)c1. The van der Waals surface area contributed by atoms with Crippen molar-refractivity contribution in [1.29, 1.82) is 0 Å². The van der Waals surface area contributed by atoms with Crippen LogP contribution in [0.1, 0.15) is 0 Å². The Morgan fingerprint density at radius 1 is 1.24 bits per heavy atom. The highest BCUT2D eigenvalue weighted by Crippen LogP contribution is 2.36. The summed E-state index contributed by atoms with van der Waals surface area (Å²) in [4.78, 5) is 18.4. The largest absolute Gasteiger partial charge is 0.325 e. The number of rotatable bonds is 4. The molecule has 2 aromatic carbocycles. The van der Waals surface area contributed by atoms with Crippen molar-refractivity contribution in [3.63, 3.8) is 0 Å². The average Bonchev–Trinajstić information content (AvgIpc) is 3.12. The van der Waals surface area contributed by atoms with Crippen molar-refractivity contribution < 1.29 is 17.6 Å². The third-order valence-corrected chi connectivity index (χ3v) is 7.56. The molecule has 1 fully saturated rings. The number of halogens is 2. The second-order valence-electron chi connectivity index (χ2n) is 6.79. The van der Waals surface area contributed by atoms with Gasteiger partial charge >= 0.3 is 0 Å². The highest BCUT2D eigenvalue weighted by molar-refractivity contribution is 8.14. The minimum atomic E-state index is -3.23. The summed E-state index contributed by atoms with van der Waals surface area (Å²) in [5.41, 5.74) is 0.837. The lowest BCUT2D eigenvalue weighted by Gasteiger charge is -2.26. The molecule has 0 aliphatic carbocycles. The van der Waals surface area contributed by atoms with E-state index in [-0.39, 0.29) is 28.9 Å². The lowest BCUT2D eigenvalue weighted by molar-refractivity contribution is -0.113. The molecule has 4 rings (SSSR count). The van der Waals surface area contributed by atoms with Crippen molar-refractivity contribution in [3.8, 4) is 0 Å². The number of thioether (sulfide) groups is 1. The molecule has 2 aliphatic heterocycles. The zero-order valence-corrected chi connectivity index (χ0v) is 17.5. The summed E-state index contributed by atoms with van der Waals surface area (Å²) in [7, 11) is -3.23. The molecule has 6 nitrogen and oxygen atoms in total. The van der Waals surface area contributed by atoms with Gasteiger partial charge in [0.25, 0.3) is 0 Å². The van der Waals surface area contributed by atoms with Crippen LogP contribution in [0.15, 0.2) is 53.5 Å². The maximum Gasteiger partial charge on any atom is 0.234 e.